The molecule has 0 aromatic heterocycles. The van der Waals surface area contributed by atoms with Gasteiger partial charge < -0.3 is 5.11 Å². The predicted molar refractivity (Wildman–Crippen MR) is 35.5 cm³/mol. The van der Waals surface area contributed by atoms with Gasteiger partial charge in [-0.3, -0.25) is 10.0 Å². The molecular weight excluding hydrogens is 134 g/mol. The van der Waals surface area contributed by atoms with Gasteiger partial charge in [-0.15, -0.1) is 0 Å². The van der Waals surface area contributed by atoms with E-state index < -0.39 is 12.5 Å². The third kappa shape index (κ3) is 3.42. The first-order valence-corrected chi connectivity index (χ1v) is 3.32. The van der Waals surface area contributed by atoms with Crippen LogP contribution in [0.4, 0.5) is 0 Å². The van der Waals surface area contributed by atoms with E-state index in [4.69, 9.17) is 10.3 Å². The Kier molecular flexibility index (Phi) is 4.88. The molecule has 0 aromatic rings. The Morgan fingerprint density at radius 3 is 2.60 bits per heavy atom. The first-order chi connectivity index (χ1) is 4.72. The molecule has 60 valence electrons. The summed E-state index contributed by atoms with van der Waals surface area (Å²) in [5.74, 6) is -0.645. The number of amides is 1. The minimum absolute atomic E-state index is 0.301. The molecule has 4 nitrogen and oxygen atoms in total. The molecule has 2 N–H and O–H groups in total. The highest BCUT2D eigenvalue weighted by Crippen LogP contribution is 1.90. The van der Waals surface area contributed by atoms with Crippen LogP contribution in [0, 0.1) is 0 Å². The smallest absolute Gasteiger partial charge is 0.271 e. The number of carbonyl (C=O) groups excluding carboxylic acids is 1. The molecule has 0 aliphatic heterocycles. The summed E-state index contributed by atoms with van der Waals surface area (Å²) in [5.41, 5.74) is 0. The number of hydrogen-bond acceptors (Lipinski definition) is 3. The van der Waals surface area contributed by atoms with Gasteiger partial charge in [0, 0.05) is 6.54 Å². The maximum Gasteiger partial charge on any atom is 0.271 e. The van der Waals surface area contributed by atoms with Crippen molar-refractivity contribution in [2.24, 2.45) is 0 Å². The first-order valence-electron chi connectivity index (χ1n) is 3.32. The van der Waals surface area contributed by atoms with E-state index in [-0.39, 0.29) is 0 Å². The topological polar surface area (TPSA) is 60.8 Å². The molecule has 0 fully saturated rings. The number of unbranched alkanes of at least 4 members (excludes halogenated alkanes) is 1. The molecule has 0 aliphatic rings. The normalized spacial score (nSPS) is 9.50. The largest absolute Gasteiger partial charge is 0.386 e. The minimum atomic E-state index is -0.645. The van der Waals surface area contributed by atoms with E-state index in [0.717, 1.165) is 12.8 Å². The molecule has 0 saturated carbocycles. The summed E-state index contributed by atoms with van der Waals surface area (Å²) in [7, 11) is 0. The zero-order chi connectivity index (χ0) is 7.98. The quantitative estimate of drug-likeness (QED) is 0.434. The number of aliphatic hydroxyl groups is 1. The van der Waals surface area contributed by atoms with Gasteiger partial charge in [0.25, 0.3) is 5.91 Å². The van der Waals surface area contributed by atoms with Gasteiger partial charge in [-0.25, -0.2) is 5.06 Å². The van der Waals surface area contributed by atoms with Crippen molar-refractivity contribution in [3.05, 3.63) is 0 Å². The van der Waals surface area contributed by atoms with Crippen molar-refractivity contribution in [2.45, 2.75) is 19.8 Å². The van der Waals surface area contributed by atoms with E-state index in [0.29, 0.717) is 11.6 Å². The third-order valence-corrected chi connectivity index (χ3v) is 1.15. The number of nitrogens with zero attached hydrogens (tertiary/aromatic N) is 1. The number of aliphatic hydroxyl groups excluding tert-OH is 1. The van der Waals surface area contributed by atoms with Crippen LogP contribution in [0.15, 0.2) is 0 Å². The van der Waals surface area contributed by atoms with Crippen LogP contribution in [0.2, 0.25) is 0 Å². The lowest BCUT2D eigenvalue weighted by Crippen LogP contribution is -2.30. The highest BCUT2D eigenvalue weighted by Gasteiger charge is 2.06. The van der Waals surface area contributed by atoms with Crippen LogP contribution in [-0.2, 0) is 4.79 Å². The number of rotatable bonds is 4. The average Bonchev–Trinajstić information content (AvgIpc) is 1.98. The van der Waals surface area contributed by atoms with Crippen LogP contribution in [0.25, 0.3) is 0 Å². The number of carbonyl (C=O) groups is 1. The Bertz CT molecular complexity index is 105. The fourth-order valence-corrected chi connectivity index (χ4v) is 0.514. The van der Waals surface area contributed by atoms with Gasteiger partial charge in [0.2, 0.25) is 0 Å². The van der Waals surface area contributed by atoms with Gasteiger partial charge >= 0.3 is 0 Å². The van der Waals surface area contributed by atoms with Crippen molar-refractivity contribution in [3.63, 3.8) is 0 Å². The second-order valence-electron chi connectivity index (χ2n) is 2.03. The van der Waals surface area contributed by atoms with Crippen LogP contribution in [-0.4, -0.2) is 34.4 Å². The van der Waals surface area contributed by atoms with Crippen LogP contribution in [0.5, 0.6) is 0 Å². The van der Waals surface area contributed by atoms with E-state index in [1.807, 2.05) is 6.92 Å². The fraction of sp³-hybridized carbons (Fsp3) is 0.833. The SMILES string of the molecule is CCCCN(O)C(=O)CO. The highest BCUT2D eigenvalue weighted by atomic mass is 16.5. The second kappa shape index (κ2) is 5.20. The molecule has 4 heteroatoms. The molecule has 0 unspecified atom stereocenters. The van der Waals surface area contributed by atoms with Gasteiger partial charge in [-0.05, 0) is 6.42 Å². The van der Waals surface area contributed by atoms with Crippen LogP contribution >= 0.6 is 0 Å². The lowest BCUT2D eigenvalue weighted by molar-refractivity contribution is -0.168. The van der Waals surface area contributed by atoms with E-state index in [2.05, 4.69) is 0 Å². The van der Waals surface area contributed by atoms with Crippen LogP contribution in [0.1, 0.15) is 19.8 Å². The summed E-state index contributed by atoms with van der Waals surface area (Å²) in [5, 5.41) is 17.6. The summed E-state index contributed by atoms with van der Waals surface area (Å²) >= 11 is 0. The first kappa shape index (κ1) is 9.39. The number of hydrogen-bond donors (Lipinski definition) is 2. The summed E-state index contributed by atoms with van der Waals surface area (Å²) in [4.78, 5) is 10.4. The van der Waals surface area contributed by atoms with E-state index in [9.17, 15) is 4.79 Å². The van der Waals surface area contributed by atoms with Gasteiger partial charge in [0.15, 0.2) is 0 Å². The molecule has 10 heavy (non-hydrogen) atoms. The maximum absolute atomic E-state index is 10.4. The maximum atomic E-state index is 10.4. The average molecular weight is 147 g/mol. The van der Waals surface area contributed by atoms with Gasteiger partial charge in [-0.2, -0.15) is 0 Å². The second-order valence-corrected chi connectivity index (χ2v) is 2.03. The van der Waals surface area contributed by atoms with Gasteiger partial charge in [0.05, 0.1) is 0 Å². The molecule has 0 heterocycles. The lowest BCUT2D eigenvalue weighted by atomic mass is 10.3. The van der Waals surface area contributed by atoms with E-state index >= 15 is 0 Å². The van der Waals surface area contributed by atoms with Gasteiger partial charge in [0.1, 0.15) is 6.61 Å². The van der Waals surface area contributed by atoms with Crippen molar-refractivity contribution in [1.29, 1.82) is 0 Å². The molecule has 0 atom stereocenters. The fourth-order valence-electron chi connectivity index (χ4n) is 0.514. The summed E-state index contributed by atoms with van der Waals surface area (Å²) in [6.07, 6.45) is 1.66. The van der Waals surface area contributed by atoms with Crippen molar-refractivity contribution in [2.75, 3.05) is 13.2 Å². The zero-order valence-electron chi connectivity index (χ0n) is 6.08. The monoisotopic (exact) mass is 147 g/mol. The Morgan fingerprint density at radius 2 is 2.20 bits per heavy atom. The molecule has 0 aliphatic carbocycles. The third-order valence-electron chi connectivity index (χ3n) is 1.15. The Balaban J connectivity index is 3.41. The Morgan fingerprint density at radius 1 is 1.60 bits per heavy atom. The summed E-state index contributed by atoms with van der Waals surface area (Å²) in [6.45, 7) is 1.63. The molecule has 0 aromatic carbocycles. The Labute approximate surface area is 60.0 Å². The van der Waals surface area contributed by atoms with E-state index in [1.165, 1.54) is 0 Å². The molecule has 1 amide bonds. The molecule has 0 saturated heterocycles. The number of hydroxylamine groups is 2. The summed E-state index contributed by atoms with van der Waals surface area (Å²) in [6, 6.07) is 0. The van der Waals surface area contributed by atoms with Crippen molar-refractivity contribution >= 4 is 5.91 Å². The predicted octanol–water partition coefficient (Wildman–Crippen LogP) is -0.00340. The minimum Gasteiger partial charge on any atom is -0.386 e. The highest BCUT2D eigenvalue weighted by molar-refractivity contribution is 5.75. The Hall–Kier alpha value is -0.610. The molecule has 0 bridgehead atoms. The van der Waals surface area contributed by atoms with E-state index in [1.54, 1.807) is 0 Å². The molecular formula is C6H13NO3. The van der Waals surface area contributed by atoms with Crippen LogP contribution in [0.3, 0.4) is 0 Å². The molecule has 0 spiro atoms. The van der Waals surface area contributed by atoms with Crippen LogP contribution < -0.4 is 0 Å². The summed E-state index contributed by atoms with van der Waals surface area (Å²) < 4.78 is 0. The lowest BCUT2D eigenvalue weighted by Gasteiger charge is -2.11. The van der Waals surface area contributed by atoms with Gasteiger partial charge in [-0.1, -0.05) is 13.3 Å². The standard InChI is InChI=1S/C6H13NO3/c1-2-3-4-7(10)6(9)5-8/h8,10H,2-5H2,1H3. The molecule has 0 rings (SSSR count). The zero-order valence-corrected chi connectivity index (χ0v) is 6.08. The van der Waals surface area contributed by atoms with Crippen molar-refractivity contribution < 1.29 is 15.1 Å². The van der Waals surface area contributed by atoms with Crippen molar-refractivity contribution in [1.82, 2.24) is 5.06 Å². The van der Waals surface area contributed by atoms with Crippen molar-refractivity contribution in [3.8, 4) is 0 Å². The molecule has 0 radical (unpaired) electrons.